The topological polar surface area (TPSA) is 49.8 Å². The van der Waals surface area contributed by atoms with Crippen molar-refractivity contribution in [2.45, 2.75) is 88.5 Å². The fraction of sp³-hybridized carbons (Fsp3) is 0.593. The molecular formula is C27H29F6NO3. The number of fused-ring (bicyclic) bond motifs is 3. The number of piperidine rings is 1. The lowest BCUT2D eigenvalue weighted by Gasteiger charge is -2.38. The normalized spacial score (nSPS) is 29.0. The predicted octanol–water partition coefficient (Wildman–Crippen LogP) is 7.19. The van der Waals surface area contributed by atoms with Crippen molar-refractivity contribution in [2.75, 3.05) is 0 Å². The molecule has 3 fully saturated rings. The third-order valence-corrected chi connectivity index (χ3v) is 8.41. The molecule has 2 aromatic carbocycles. The van der Waals surface area contributed by atoms with Gasteiger partial charge in [-0.1, -0.05) is 18.2 Å². The van der Waals surface area contributed by atoms with Crippen molar-refractivity contribution in [2.24, 2.45) is 11.8 Å². The number of carboxylic acids is 1. The molecule has 37 heavy (non-hydrogen) atoms. The first kappa shape index (κ1) is 26.1. The zero-order chi connectivity index (χ0) is 26.5. The van der Waals surface area contributed by atoms with Gasteiger partial charge in [-0.25, -0.2) is 0 Å². The van der Waals surface area contributed by atoms with Crippen molar-refractivity contribution >= 4 is 16.7 Å². The van der Waals surface area contributed by atoms with Crippen molar-refractivity contribution in [1.82, 2.24) is 4.90 Å². The van der Waals surface area contributed by atoms with Gasteiger partial charge in [0.1, 0.15) is 11.3 Å². The highest BCUT2D eigenvalue weighted by Gasteiger charge is 2.45. The number of hydrogen-bond donors (Lipinski definition) is 1. The third kappa shape index (κ3) is 5.26. The van der Waals surface area contributed by atoms with Crippen LogP contribution in [0.4, 0.5) is 26.3 Å². The molecular weight excluding hydrogens is 500 g/mol. The number of rotatable bonds is 5. The quantitative estimate of drug-likeness (QED) is 0.417. The van der Waals surface area contributed by atoms with E-state index in [0.29, 0.717) is 18.4 Å². The maximum atomic E-state index is 14.2. The number of benzene rings is 2. The Kier molecular flexibility index (Phi) is 6.83. The molecule has 202 valence electrons. The van der Waals surface area contributed by atoms with Crippen LogP contribution >= 0.6 is 0 Å². The maximum Gasteiger partial charge on any atom is 0.420 e. The van der Waals surface area contributed by atoms with Gasteiger partial charge in [-0.3, -0.25) is 9.69 Å². The summed E-state index contributed by atoms with van der Waals surface area (Å²) in [6.45, 7) is 0.469. The Labute approximate surface area is 210 Å². The van der Waals surface area contributed by atoms with Crippen LogP contribution in [0.3, 0.4) is 0 Å². The van der Waals surface area contributed by atoms with Crippen LogP contribution in [0.2, 0.25) is 0 Å². The highest BCUT2D eigenvalue weighted by atomic mass is 19.4. The SMILES string of the molecule is O=C(O)C1CCC2CCC1N2Cc1ccc2c(C(F)(F)F)c(OC3CCC(C(F)(F)F)CC3)ccc2c1. The second-order valence-electron chi connectivity index (χ2n) is 10.6. The number of carboxylic acid groups (broad SMARTS) is 1. The molecule has 2 bridgehead atoms. The first-order valence-corrected chi connectivity index (χ1v) is 12.8. The minimum Gasteiger partial charge on any atom is -0.490 e. The number of alkyl halides is 6. The Morgan fingerprint density at radius 3 is 2.27 bits per heavy atom. The predicted molar refractivity (Wildman–Crippen MR) is 124 cm³/mol. The van der Waals surface area contributed by atoms with E-state index < -0.39 is 41.8 Å². The summed E-state index contributed by atoms with van der Waals surface area (Å²) < 4.78 is 87.0. The van der Waals surface area contributed by atoms with Gasteiger partial charge in [0.15, 0.2) is 0 Å². The summed E-state index contributed by atoms with van der Waals surface area (Å²) in [5.41, 5.74) is -0.110. The summed E-state index contributed by atoms with van der Waals surface area (Å²) in [5.74, 6) is -3.03. The Bertz CT molecular complexity index is 1160. The van der Waals surface area contributed by atoms with Crippen molar-refractivity contribution in [1.29, 1.82) is 0 Å². The Balaban J connectivity index is 1.37. The molecule has 0 radical (unpaired) electrons. The van der Waals surface area contributed by atoms with Crippen molar-refractivity contribution in [3.8, 4) is 5.75 Å². The van der Waals surface area contributed by atoms with E-state index in [1.807, 2.05) is 0 Å². The van der Waals surface area contributed by atoms with E-state index in [9.17, 15) is 36.2 Å². The summed E-state index contributed by atoms with van der Waals surface area (Å²) >= 11 is 0. The van der Waals surface area contributed by atoms with E-state index >= 15 is 0 Å². The molecule has 2 heterocycles. The van der Waals surface area contributed by atoms with Crippen molar-refractivity contribution in [3.05, 3.63) is 41.5 Å². The van der Waals surface area contributed by atoms with Gasteiger partial charge < -0.3 is 9.84 Å². The molecule has 2 aromatic rings. The zero-order valence-electron chi connectivity index (χ0n) is 20.1. The van der Waals surface area contributed by atoms with Gasteiger partial charge in [-0.15, -0.1) is 0 Å². The van der Waals surface area contributed by atoms with E-state index in [2.05, 4.69) is 4.90 Å². The minimum atomic E-state index is -4.71. The van der Waals surface area contributed by atoms with E-state index in [1.54, 1.807) is 18.2 Å². The van der Waals surface area contributed by atoms with Gasteiger partial charge >= 0.3 is 18.3 Å². The van der Waals surface area contributed by atoms with Crippen LogP contribution < -0.4 is 4.74 Å². The standard InChI is InChI=1S/C27H29F6NO3/c28-26(29,30)17-3-7-19(8-4-17)37-23-12-2-16-13-15(1-9-20(16)24(23)27(31,32)33)14-34-18-5-10-21(25(35)36)22(34)11-6-18/h1-2,9,12-13,17-19,21-22H,3-8,10-11,14H2,(H,35,36). The molecule has 0 aromatic heterocycles. The van der Waals surface area contributed by atoms with Crippen molar-refractivity contribution in [3.63, 3.8) is 0 Å². The summed E-state index contributed by atoms with van der Waals surface area (Å²) in [5, 5.41) is 9.95. The average Bonchev–Trinajstić information content (AvgIpc) is 3.06. The van der Waals surface area contributed by atoms with Crippen LogP contribution in [-0.2, 0) is 17.5 Å². The zero-order valence-corrected chi connectivity index (χ0v) is 20.1. The largest absolute Gasteiger partial charge is 0.490 e. The fourth-order valence-electron chi connectivity index (χ4n) is 6.55. The number of carbonyl (C=O) groups is 1. The first-order valence-electron chi connectivity index (χ1n) is 12.8. The van der Waals surface area contributed by atoms with Gasteiger partial charge in [-0.2, -0.15) is 26.3 Å². The van der Waals surface area contributed by atoms with Gasteiger partial charge in [0.2, 0.25) is 0 Å². The second kappa shape index (κ2) is 9.67. The third-order valence-electron chi connectivity index (χ3n) is 8.41. The number of aliphatic carboxylic acids is 1. The number of hydrogen-bond acceptors (Lipinski definition) is 3. The Hall–Kier alpha value is -2.49. The van der Waals surface area contributed by atoms with E-state index in [-0.39, 0.29) is 48.9 Å². The highest BCUT2D eigenvalue weighted by Crippen LogP contribution is 2.45. The number of halogens is 6. The Morgan fingerprint density at radius 1 is 0.919 bits per heavy atom. The molecule has 1 N–H and O–H groups in total. The molecule has 3 atom stereocenters. The van der Waals surface area contributed by atoms with E-state index in [4.69, 9.17) is 4.74 Å². The Morgan fingerprint density at radius 2 is 1.62 bits per heavy atom. The molecule has 5 rings (SSSR count). The lowest BCUT2D eigenvalue weighted by molar-refractivity contribution is -0.185. The van der Waals surface area contributed by atoms with Gasteiger partial charge in [0.25, 0.3) is 0 Å². The summed E-state index contributed by atoms with van der Waals surface area (Å²) in [6.07, 6.45) is -6.76. The van der Waals surface area contributed by atoms with Crippen LogP contribution in [0.1, 0.15) is 62.5 Å². The van der Waals surface area contributed by atoms with Crippen molar-refractivity contribution < 1.29 is 41.0 Å². The van der Waals surface area contributed by atoms with E-state index in [0.717, 1.165) is 24.8 Å². The molecule has 1 saturated carbocycles. The monoisotopic (exact) mass is 529 g/mol. The molecule has 4 nitrogen and oxygen atoms in total. The maximum absolute atomic E-state index is 14.2. The minimum absolute atomic E-state index is 0.0252. The van der Waals surface area contributed by atoms with Gasteiger partial charge in [-0.05, 0) is 79.8 Å². The lowest BCUT2D eigenvalue weighted by atomic mass is 9.87. The number of nitrogens with zero attached hydrogens (tertiary/aromatic N) is 1. The molecule has 2 saturated heterocycles. The summed E-state index contributed by atoms with van der Waals surface area (Å²) in [6, 6.07) is 7.78. The van der Waals surface area contributed by atoms with Crippen LogP contribution in [0.5, 0.6) is 5.75 Å². The average molecular weight is 530 g/mol. The molecule has 2 aliphatic heterocycles. The van der Waals surface area contributed by atoms with Gasteiger partial charge in [0, 0.05) is 18.6 Å². The van der Waals surface area contributed by atoms with Crippen LogP contribution in [-0.4, -0.2) is 40.3 Å². The molecule has 1 aliphatic carbocycles. The number of ether oxygens (including phenoxy) is 1. The highest BCUT2D eigenvalue weighted by molar-refractivity contribution is 5.89. The lowest BCUT2D eigenvalue weighted by Crippen LogP contribution is -2.46. The molecule has 3 aliphatic rings. The molecule has 10 heteroatoms. The molecule has 3 unspecified atom stereocenters. The fourth-order valence-corrected chi connectivity index (χ4v) is 6.55. The summed E-state index contributed by atoms with van der Waals surface area (Å²) in [7, 11) is 0. The van der Waals surface area contributed by atoms with Crippen LogP contribution in [0.25, 0.3) is 10.8 Å². The molecule has 0 amide bonds. The smallest absolute Gasteiger partial charge is 0.420 e. The van der Waals surface area contributed by atoms with Crippen LogP contribution in [0.15, 0.2) is 30.3 Å². The van der Waals surface area contributed by atoms with E-state index in [1.165, 1.54) is 12.1 Å². The first-order chi connectivity index (χ1) is 17.4. The molecule has 0 spiro atoms. The second-order valence-corrected chi connectivity index (χ2v) is 10.6. The summed E-state index contributed by atoms with van der Waals surface area (Å²) in [4.78, 5) is 13.9. The van der Waals surface area contributed by atoms with Crippen LogP contribution in [0, 0.1) is 11.8 Å². The van der Waals surface area contributed by atoms with Gasteiger partial charge in [0.05, 0.1) is 17.9 Å².